The van der Waals surface area contributed by atoms with Crippen molar-refractivity contribution in [3.63, 3.8) is 0 Å². The summed E-state index contributed by atoms with van der Waals surface area (Å²) in [5.41, 5.74) is 0.890. The first kappa shape index (κ1) is 15.9. The van der Waals surface area contributed by atoms with Crippen molar-refractivity contribution in [3.05, 3.63) is 35.9 Å². The van der Waals surface area contributed by atoms with E-state index in [1.165, 1.54) is 14.2 Å². The number of carbonyl (C=O) groups excluding carboxylic acids is 1. The second-order valence-electron chi connectivity index (χ2n) is 3.99. The van der Waals surface area contributed by atoms with Gasteiger partial charge in [-0.2, -0.15) is 0 Å². The zero-order valence-corrected chi connectivity index (χ0v) is 11.4. The first-order valence-electron chi connectivity index (χ1n) is 5.98. The zero-order chi connectivity index (χ0) is 15.0. The summed E-state index contributed by atoms with van der Waals surface area (Å²) in [6.45, 7) is 0.0603. The number of hydrogen-bond acceptors (Lipinski definition) is 4. The lowest BCUT2D eigenvalue weighted by Gasteiger charge is -2.22. The van der Waals surface area contributed by atoms with Gasteiger partial charge in [-0.3, -0.25) is 9.63 Å². The molecule has 0 heterocycles. The second-order valence-corrected chi connectivity index (χ2v) is 3.99. The summed E-state index contributed by atoms with van der Waals surface area (Å²) in [4.78, 5) is 27.2. The van der Waals surface area contributed by atoms with Crippen LogP contribution in [-0.2, 0) is 21.0 Å². The summed E-state index contributed by atoms with van der Waals surface area (Å²) in [5.74, 6) is -0.461. The average Bonchev–Trinajstić information content (AvgIpc) is 2.46. The van der Waals surface area contributed by atoms with Gasteiger partial charge >= 0.3 is 6.09 Å². The van der Waals surface area contributed by atoms with Crippen LogP contribution in [0.5, 0.6) is 0 Å². The van der Waals surface area contributed by atoms with Crippen LogP contribution in [0.1, 0.15) is 5.56 Å². The van der Waals surface area contributed by atoms with Crippen LogP contribution >= 0.6 is 0 Å². The molecule has 20 heavy (non-hydrogen) atoms. The lowest BCUT2D eigenvalue weighted by Crippen LogP contribution is -2.44. The number of nitrogens with zero attached hydrogens (tertiary/aromatic N) is 1. The van der Waals surface area contributed by atoms with Gasteiger partial charge in [-0.05, 0) is 5.56 Å². The van der Waals surface area contributed by atoms with E-state index in [0.717, 1.165) is 10.6 Å². The van der Waals surface area contributed by atoms with Gasteiger partial charge in [-0.1, -0.05) is 30.3 Å². The van der Waals surface area contributed by atoms with E-state index in [1.54, 1.807) is 0 Å². The van der Waals surface area contributed by atoms with Crippen LogP contribution in [-0.4, -0.2) is 49.0 Å². The Hall–Kier alpha value is -2.12. The summed E-state index contributed by atoms with van der Waals surface area (Å²) in [6, 6.07) is 9.29. The molecule has 0 fully saturated rings. The highest BCUT2D eigenvalue weighted by Crippen LogP contribution is 2.05. The van der Waals surface area contributed by atoms with Crippen LogP contribution in [0.3, 0.4) is 0 Å². The highest BCUT2D eigenvalue weighted by molar-refractivity contribution is 5.80. The minimum Gasteiger partial charge on any atom is -0.465 e. The number of carboxylic acid groups (broad SMARTS) is 1. The third-order valence-electron chi connectivity index (χ3n) is 2.59. The van der Waals surface area contributed by atoms with Crippen molar-refractivity contribution in [2.75, 3.05) is 20.7 Å². The largest absolute Gasteiger partial charge is 0.465 e. The highest BCUT2D eigenvalue weighted by Gasteiger charge is 2.23. The Labute approximate surface area is 117 Å². The van der Waals surface area contributed by atoms with Crippen LogP contribution < -0.4 is 5.32 Å². The molecular formula is C13H18N2O5. The second kappa shape index (κ2) is 8.13. The summed E-state index contributed by atoms with van der Waals surface area (Å²) < 4.78 is 5.47. The third-order valence-corrected chi connectivity index (χ3v) is 2.59. The van der Waals surface area contributed by atoms with Crippen LogP contribution in [0.25, 0.3) is 0 Å². The van der Waals surface area contributed by atoms with Gasteiger partial charge in [-0.25, -0.2) is 9.86 Å². The highest BCUT2D eigenvalue weighted by atomic mass is 16.7. The first-order valence-corrected chi connectivity index (χ1v) is 5.98. The fraction of sp³-hybridized carbons (Fsp3) is 0.385. The van der Waals surface area contributed by atoms with Gasteiger partial charge in [0.15, 0.2) is 6.10 Å². The smallest absolute Gasteiger partial charge is 0.404 e. The molecule has 0 radical (unpaired) electrons. The molecule has 0 aliphatic carbocycles. The lowest BCUT2D eigenvalue weighted by molar-refractivity contribution is -0.181. The van der Waals surface area contributed by atoms with E-state index in [2.05, 4.69) is 5.32 Å². The summed E-state index contributed by atoms with van der Waals surface area (Å²) in [7, 11) is 2.78. The van der Waals surface area contributed by atoms with E-state index in [9.17, 15) is 9.59 Å². The minimum atomic E-state index is -1.22. The van der Waals surface area contributed by atoms with Crippen molar-refractivity contribution in [2.24, 2.45) is 0 Å². The fourth-order valence-corrected chi connectivity index (χ4v) is 1.46. The van der Waals surface area contributed by atoms with Gasteiger partial charge in [-0.15, -0.1) is 0 Å². The molecule has 0 aliphatic rings. The van der Waals surface area contributed by atoms with Gasteiger partial charge in [0.05, 0.1) is 20.3 Å². The van der Waals surface area contributed by atoms with Crippen molar-refractivity contribution >= 4 is 12.0 Å². The maximum absolute atomic E-state index is 12.0. The van der Waals surface area contributed by atoms with Crippen LogP contribution in [0, 0.1) is 0 Å². The van der Waals surface area contributed by atoms with Crippen LogP contribution in [0.15, 0.2) is 30.3 Å². The van der Waals surface area contributed by atoms with Crippen LogP contribution in [0.2, 0.25) is 0 Å². The zero-order valence-electron chi connectivity index (χ0n) is 11.4. The van der Waals surface area contributed by atoms with E-state index in [1.807, 2.05) is 30.3 Å². The molecule has 1 aromatic carbocycles. The van der Waals surface area contributed by atoms with E-state index in [-0.39, 0.29) is 13.2 Å². The number of ether oxygens (including phenoxy) is 1. The molecule has 0 bridgehead atoms. The minimum absolute atomic E-state index is 0.144. The molecule has 110 valence electrons. The molecule has 0 aliphatic heterocycles. The van der Waals surface area contributed by atoms with Crippen LogP contribution in [0.4, 0.5) is 4.79 Å². The molecule has 7 heteroatoms. The molecule has 0 aromatic heterocycles. The third kappa shape index (κ3) is 5.25. The van der Waals surface area contributed by atoms with Crippen molar-refractivity contribution in [1.82, 2.24) is 10.4 Å². The van der Waals surface area contributed by atoms with Gasteiger partial charge < -0.3 is 15.2 Å². The Kier molecular flexibility index (Phi) is 6.48. The number of amides is 2. The van der Waals surface area contributed by atoms with Gasteiger partial charge in [0, 0.05) is 7.05 Å². The fourth-order valence-electron chi connectivity index (χ4n) is 1.46. The molecule has 0 saturated heterocycles. The molecule has 0 saturated carbocycles. The summed E-state index contributed by atoms with van der Waals surface area (Å²) in [6.07, 6.45) is -2.16. The predicted molar refractivity (Wildman–Crippen MR) is 70.8 cm³/mol. The molecule has 1 atom stereocenters. The van der Waals surface area contributed by atoms with Gasteiger partial charge in [0.1, 0.15) is 0 Å². The Morgan fingerprint density at radius 1 is 1.35 bits per heavy atom. The lowest BCUT2D eigenvalue weighted by atomic mass is 10.2. The van der Waals surface area contributed by atoms with Crippen molar-refractivity contribution in [1.29, 1.82) is 0 Å². The van der Waals surface area contributed by atoms with E-state index >= 15 is 0 Å². The van der Waals surface area contributed by atoms with E-state index in [4.69, 9.17) is 14.7 Å². The molecule has 2 amide bonds. The first-order chi connectivity index (χ1) is 9.54. The number of hydroxylamine groups is 2. The Bertz CT molecular complexity index is 438. The SMILES string of the molecule is CON(C)C(=O)C(CNC(=O)O)OCc1ccccc1. The topological polar surface area (TPSA) is 88.1 Å². The average molecular weight is 282 g/mol. The molecule has 7 nitrogen and oxygen atoms in total. The number of benzene rings is 1. The molecule has 1 unspecified atom stereocenters. The normalized spacial score (nSPS) is 11.7. The van der Waals surface area contributed by atoms with E-state index in [0.29, 0.717) is 0 Å². The molecule has 1 aromatic rings. The summed E-state index contributed by atoms with van der Waals surface area (Å²) in [5, 5.41) is 11.7. The quantitative estimate of drug-likeness (QED) is 0.724. The number of rotatable bonds is 7. The number of carbonyl (C=O) groups is 2. The maximum Gasteiger partial charge on any atom is 0.404 e. The van der Waals surface area contributed by atoms with E-state index < -0.39 is 18.1 Å². The number of nitrogens with one attached hydrogen (secondary N) is 1. The summed E-state index contributed by atoms with van der Waals surface area (Å²) >= 11 is 0. The van der Waals surface area contributed by atoms with Crippen molar-refractivity contribution in [3.8, 4) is 0 Å². The standard InChI is InChI=1S/C13H18N2O5/c1-15(19-2)12(16)11(8-14-13(17)18)20-9-10-6-4-3-5-7-10/h3-7,11,14H,8-9H2,1-2H3,(H,17,18). The Morgan fingerprint density at radius 2 is 2.00 bits per heavy atom. The van der Waals surface area contributed by atoms with Crippen molar-refractivity contribution < 1.29 is 24.3 Å². The molecule has 1 rings (SSSR count). The Morgan fingerprint density at radius 3 is 2.55 bits per heavy atom. The maximum atomic E-state index is 12.0. The van der Waals surface area contributed by atoms with Crippen molar-refractivity contribution in [2.45, 2.75) is 12.7 Å². The predicted octanol–water partition coefficient (Wildman–Crippen LogP) is 0.859. The Balaban J connectivity index is 2.62. The number of likely N-dealkylation sites (N-methyl/N-ethyl adjacent to an activating group) is 1. The monoisotopic (exact) mass is 282 g/mol. The van der Waals surface area contributed by atoms with Gasteiger partial charge in [0.25, 0.3) is 5.91 Å². The van der Waals surface area contributed by atoms with Gasteiger partial charge in [0.2, 0.25) is 0 Å². The number of hydrogen-bond donors (Lipinski definition) is 2. The molecule has 0 spiro atoms. The molecule has 2 N–H and O–H groups in total. The molecular weight excluding hydrogens is 264 g/mol.